The first kappa shape index (κ1) is 8.75. The highest BCUT2D eigenvalue weighted by Crippen LogP contribution is 2.25. The molecule has 3 nitrogen and oxygen atoms in total. The SMILES string of the molecule is CC(C)c1cc(C2CCCN2)on1. The van der Waals surface area contributed by atoms with E-state index in [1.807, 2.05) is 0 Å². The molecule has 2 rings (SSSR count). The van der Waals surface area contributed by atoms with Crippen LogP contribution in [0.15, 0.2) is 10.6 Å². The summed E-state index contributed by atoms with van der Waals surface area (Å²) in [5.74, 6) is 1.46. The fraction of sp³-hybridized carbons (Fsp3) is 0.700. The number of hydrogen-bond donors (Lipinski definition) is 1. The summed E-state index contributed by atoms with van der Waals surface area (Å²) in [5, 5.41) is 7.44. The topological polar surface area (TPSA) is 38.1 Å². The average molecular weight is 180 g/mol. The maximum Gasteiger partial charge on any atom is 0.153 e. The van der Waals surface area contributed by atoms with Gasteiger partial charge in [0.25, 0.3) is 0 Å². The van der Waals surface area contributed by atoms with Crippen molar-refractivity contribution in [3.05, 3.63) is 17.5 Å². The van der Waals surface area contributed by atoms with E-state index in [1.54, 1.807) is 0 Å². The molecule has 0 radical (unpaired) electrons. The summed E-state index contributed by atoms with van der Waals surface area (Å²) in [4.78, 5) is 0. The van der Waals surface area contributed by atoms with E-state index in [4.69, 9.17) is 4.52 Å². The molecule has 1 N–H and O–H groups in total. The van der Waals surface area contributed by atoms with Crippen molar-refractivity contribution in [2.75, 3.05) is 6.54 Å². The van der Waals surface area contributed by atoms with Crippen LogP contribution in [0.5, 0.6) is 0 Å². The van der Waals surface area contributed by atoms with E-state index in [0.717, 1.165) is 18.0 Å². The van der Waals surface area contributed by atoms with E-state index in [-0.39, 0.29) is 0 Å². The number of aromatic nitrogens is 1. The van der Waals surface area contributed by atoms with E-state index in [2.05, 4.69) is 30.4 Å². The van der Waals surface area contributed by atoms with E-state index in [0.29, 0.717) is 12.0 Å². The zero-order chi connectivity index (χ0) is 9.26. The van der Waals surface area contributed by atoms with Crippen LogP contribution in [0.4, 0.5) is 0 Å². The first-order valence-corrected chi connectivity index (χ1v) is 4.97. The van der Waals surface area contributed by atoms with Gasteiger partial charge in [-0.1, -0.05) is 19.0 Å². The predicted molar refractivity (Wildman–Crippen MR) is 50.6 cm³/mol. The molecule has 1 aliphatic rings. The third kappa shape index (κ3) is 1.75. The molecule has 13 heavy (non-hydrogen) atoms. The van der Waals surface area contributed by atoms with Crippen molar-refractivity contribution < 1.29 is 4.52 Å². The Morgan fingerprint density at radius 3 is 3.00 bits per heavy atom. The largest absolute Gasteiger partial charge is 0.359 e. The molecule has 0 aliphatic carbocycles. The van der Waals surface area contributed by atoms with Crippen LogP contribution >= 0.6 is 0 Å². The molecule has 1 aromatic rings. The molecule has 3 heteroatoms. The lowest BCUT2D eigenvalue weighted by atomic mass is 10.1. The number of nitrogens with zero attached hydrogens (tertiary/aromatic N) is 1. The lowest BCUT2D eigenvalue weighted by molar-refractivity contribution is 0.345. The molecular formula is C10H16N2O. The van der Waals surface area contributed by atoms with Crippen LogP contribution in [0.2, 0.25) is 0 Å². The zero-order valence-corrected chi connectivity index (χ0v) is 8.21. The Hall–Kier alpha value is -0.830. The van der Waals surface area contributed by atoms with Gasteiger partial charge in [-0.15, -0.1) is 0 Å². The Morgan fingerprint density at radius 2 is 2.46 bits per heavy atom. The molecule has 0 bridgehead atoms. The Kier molecular flexibility index (Phi) is 2.36. The highest BCUT2D eigenvalue weighted by atomic mass is 16.5. The predicted octanol–water partition coefficient (Wildman–Crippen LogP) is 2.22. The molecule has 72 valence electrons. The maximum atomic E-state index is 5.30. The molecular weight excluding hydrogens is 164 g/mol. The summed E-state index contributed by atoms with van der Waals surface area (Å²) in [6.45, 7) is 5.36. The first-order chi connectivity index (χ1) is 6.27. The quantitative estimate of drug-likeness (QED) is 0.758. The van der Waals surface area contributed by atoms with Crippen LogP contribution in [0.1, 0.15) is 50.1 Å². The molecule has 1 atom stereocenters. The summed E-state index contributed by atoms with van der Waals surface area (Å²) in [6, 6.07) is 2.48. The molecule has 0 spiro atoms. The lowest BCUT2D eigenvalue weighted by Gasteiger charge is -2.02. The molecule has 1 saturated heterocycles. The van der Waals surface area contributed by atoms with E-state index < -0.39 is 0 Å². The standard InChI is InChI=1S/C10H16N2O/c1-7(2)9-6-10(13-12-9)8-4-3-5-11-8/h6-8,11H,3-5H2,1-2H3. The van der Waals surface area contributed by atoms with Crippen molar-refractivity contribution in [3.63, 3.8) is 0 Å². The van der Waals surface area contributed by atoms with E-state index in [9.17, 15) is 0 Å². The summed E-state index contributed by atoms with van der Waals surface area (Å²) in [5.41, 5.74) is 1.06. The van der Waals surface area contributed by atoms with Crippen molar-refractivity contribution in [1.29, 1.82) is 0 Å². The number of rotatable bonds is 2. The minimum atomic E-state index is 0.403. The highest BCUT2D eigenvalue weighted by Gasteiger charge is 2.20. The van der Waals surface area contributed by atoms with Gasteiger partial charge in [-0.2, -0.15) is 0 Å². The van der Waals surface area contributed by atoms with Crippen LogP contribution < -0.4 is 5.32 Å². The minimum absolute atomic E-state index is 0.403. The van der Waals surface area contributed by atoms with Crippen molar-refractivity contribution in [2.45, 2.75) is 38.6 Å². The molecule has 0 amide bonds. The lowest BCUT2D eigenvalue weighted by Crippen LogP contribution is -2.11. The fourth-order valence-corrected chi connectivity index (χ4v) is 1.67. The van der Waals surface area contributed by atoms with Gasteiger partial charge in [0.05, 0.1) is 11.7 Å². The van der Waals surface area contributed by atoms with Gasteiger partial charge in [-0.3, -0.25) is 0 Å². The van der Waals surface area contributed by atoms with Gasteiger partial charge >= 0.3 is 0 Å². The van der Waals surface area contributed by atoms with Crippen LogP contribution in [0.3, 0.4) is 0 Å². The Labute approximate surface area is 78.5 Å². The van der Waals surface area contributed by atoms with Gasteiger partial charge in [0.1, 0.15) is 0 Å². The van der Waals surface area contributed by atoms with Crippen LogP contribution in [-0.2, 0) is 0 Å². The van der Waals surface area contributed by atoms with Gasteiger partial charge in [0, 0.05) is 6.07 Å². The molecule has 0 aromatic carbocycles. The van der Waals surface area contributed by atoms with Crippen LogP contribution in [0.25, 0.3) is 0 Å². The summed E-state index contributed by atoms with van der Waals surface area (Å²) < 4.78 is 5.30. The van der Waals surface area contributed by atoms with Crippen molar-refractivity contribution >= 4 is 0 Å². The number of nitrogens with one attached hydrogen (secondary N) is 1. The van der Waals surface area contributed by atoms with Crippen molar-refractivity contribution in [1.82, 2.24) is 10.5 Å². The van der Waals surface area contributed by atoms with Crippen molar-refractivity contribution in [2.24, 2.45) is 0 Å². The van der Waals surface area contributed by atoms with Gasteiger partial charge < -0.3 is 9.84 Å². The second kappa shape index (κ2) is 3.50. The average Bonchev–Trinajstić information content (AvgIpc) is 2.75. The van der Waals surface area contributed by atoms with Crippen LogP contribution in [-0.4, -0.2) is 11.7 Å². The summed E-state index contributed by atoms with van der Waals surface area (Å²) in [6.07, 6.45) is 2.41. The third-order valence-electron chi connectivity index (χ3n) is 2.54. The molecule has 1 aromatic heterocycles. The van der Waals surface area contributed by atoms with Gasteiger partial charge in [-0.05, 0) is 25.3 Å². The highest BCUT2D eigenvalue weighted by molar-refractivity contribution is 5.12. The maximum absolute atomic E-state index is 5.30. The fourth-order valence-electron chi connectivity index (χ4n) is 1.67. The summed E-state index contributed by atoms with van der Waals surface area (Å²) >= 11 is 0. The van der Waals surface area contributed by atoms with Gasteiger partial charge in [0.15, 0.2) is 5.76 Å². The van der Waals surface area contributed by atoms with Gasteiger partial charge in [-0.25, -0.2) is 0 Å². The minimum Gasteiger partial charge on any atom is -0.359 e. The number of hydrogen-bond acceptors (Lipinski definition) is 3. The monoisotopic (exact) mass is 180 g/mol. The first-order valence-electron chi connectivity index (χ1n) is 4.97. The third-order valence-corrected chi connectivity index (χ3v) is 2.54. The molecule has 1 fully saturated rings. The molecule has 1 aliphatic heterocycles. The molecule has 2 heterocycles. The second-order valence-electron chi connectivity index (χ2n) is 3.96. The second-order valence-corrected chi connectivity index (χ2v) is 3.96. The van der Waals surface area contributed by atoms with Crippen LogP contribution in [0, 0.1) is 0 Å². The summed E-state index contributed by atoms with van der Waals surface area (Å²) in [7, 11) is 0. The Bertz CT molecular complexity index is 274. The van der Waals surface area contributed by atoms with E-state index in [1.165, 1.54) is 12.8 Å². The molecule has 0 saturated carbocycles. The molecule has 1 unspecified atom stereocenters. The smallest absolute Gasteiger partial charge is 0.153 e. The van der Waals surface area contributed by atoms with Gasteiger partial charge in [0.2, 0.25) is 0 Å². The zero-order valence-electron chi connectivity index (χ0n) is 8.21. The van der Waals surface area contributed by atoms with Crippen molar-refractivity contribution in [3.8, 4) is 0 Å². The van der Waals surface area contributed by atoms with E-state index >= 15 is 0 Å². The Morgan fingerprint density at radius 1 is 1.62 bits per heavy atom. The normalized spacial score (nSPS) is 22.8. The Balaban J connectivity index is 2.12.